The Balaban J connectivity index is 2.31. The molecule has 1 aromatic heterocycles. The molecular formula is C13H8BrNO. The normalized spacial score (nSPS) is 10.8. The zero-order chi connectivity index (χ0) is 11.0. The number of para-hydroxylation sites is 1. The van der Waals surface area contributed by atoms with Crippen molar-refractivity contribution in [2.45, 2.75) is 0 Å². The van der Waals surface area contributed by atoms with Gasteiger partial charge in [0.2, 0.25) is 0 Å². The lowest BCUT2D eigenvalue weighted by Crippen LogP contribution is -1.79. The summed E-state index contributed by atoms with van der Waals surface area (Å²) in [6.45, 7) is 0. The predicted octanol–water partition coefficient (Wildman–Crippen LogP) is 4.26. The number of hydrogen-bond donors (Lipinski definition) is 0. The van der Waals surface area contributed by atoms with Gasteiger partial charge in [-0.2, -0.15) is 0 Å². The van der Waals surface area contributed by atoms with Crippen molar-refractivity contribution >= 4 is 26.9 Å². The maximum absolute atomic E-state index is 5.29. The van der Waals surface area contributed by atoms with Gasteiger partial charge in [-0.25, -0.2) is 0 Å². The molecule has 0 unspecified atom stereocenters. The van der Waals surface area contributed by atoms with Crippen LogP contribution in [0.25, 0.3) is 22.2 Å². The molecule has 0 saturated heterocycles. The number of benzene rings is 2. The molecule has 3 aromatic rings. The first kappa shape index (κ1) is 9.60. The highest BCUT2D eigenvalue weighted by Gasteiger charge is 2.11. The van der Waals surface area contributed by atoms with Crippen LogP contribution >= 0.6 is 15.9 Å². The van der Waals surface area contributed by atoms with E-state index in [0.717, 1.165) is 26.7 Å². The van der Waals surface area contributed by atoms with E-state index in [2.05, 4.69) is 21.1 Å². The summed E-state index contributed by atoms with van der Waals surface area (Å²) in [4.78, 5) is 0. The van der Waals surface area contributed by atoms with Gasteiger partial charge in [-0.1, -0.05) is 51.4 Å². The minimum Gasteiger partial charge on any atom is -0.356 e. The number of fused-ring (bicyclic) bond motifs is 1. The van der Waals surface area contributed by atoms with Crippen molar-refractivity contribution in [2.75, 3.05) is 0 Å². The van der Waals surface area contributed by atoms with Gasteiger partial charge in [-0.3, -0.25) is 0 Å². The average molecular weight is 274 g/mol. The van der Waals surface area contributed by atoms with Gasteiger partial charge in [0.25, 0.3) is 0 Å². The second-order valence-electron chi connectivity index (χ2n) is 3.51. The molecule has 2 nitrogen and oxygen atoms in total. The average Bonchev–Trinajstić information content (AvgIpc) is 2.74. The van der Waals surface area contributed by atoms with E-state index in [4.69, 9.17) is 4.52 Å². The van der Waals surface area contributed by atoms with Crippen molar-refractivity contribution in [2.24, 2.45) is 0 Å². The molecule has 0 N–H and O–H groups in total. The Morgan fingerprint density at radius 1 is 0.938 bits per heavy atom. The fourth-order valence-electron chi connectivity index (χ4n) is 1.73. The maximum atomic E-state index is 5.29. The third kappa shape index (κ3) is 1.44. The van der Waals surface area contributed by atoms with E-state index < -0.39 is 0 Å². The van der Waals surface area contributed by atoms with Crippen LogP contribution in [0.4, 0.5) is 0 Å². The maximum Gasteiger partial charge on any atom is 0.167 e. The smallest absolute Gasteiger partial charge is 0.167 e. The summed E-state index contributed by atoms with van der Waals surface area (Å²) in [5, 5.41) is 5.16. The highest BCUT2D eigenvalue weighted by Crippen LogP contribution is 2.32. The third-order valence-corrected chi connectivity index (χ3v) is 3.20. The lowest BCUT2D eigenvalue weighted by Gasteiger charge is -1.99. The van der Waals surface area contributed by atoms with Gasteiger partial charge in [0.05, 0.1) is 0 Å². The second kappa shape index (κ2) is 3.76. The largest absolute Gasteiger partial charge is 0.356 e. The lowest BCUT2D eigenvalue weighted by atomic mass is 10.1. The number of aromatic nitrogens is 1. The molecule has 0 amide bonds. The molecule has 0 atom stereocenters. The van der Waals surface area contributed by atoms with Crippen molar-refractivity contribution in [3.05, 3.63) is 53.0 Å². The van der Waals surface area contributed by atoms with Gasteiger partial charge in [0.1, 0.15) is 5.69 Å². The van der Waals surface area contributed by atoms with Crippen LogP contribution in [0, 0.1) is 0 Å². The molecule has 3 rings (SSSR count). The molecule has 0 aliphatic rings. The standard InChI is InChI=1S/C13H8BrNO/c14-11-7-3-1-5-9(11)13-10-6-2-4-8-12(10)16-15-13/h1-8H. The summed E-state index contributed by atoms with van der Waals surface area (Å²) in [5.41, 5.74) is 2.74. The zero-order valence-corrected chi connectivity index (χ0v) is 9.94. The Kier molecular flexibility index (Phi) is 2.26. The number of hydrogen-bond acceptors (Lipinski definition) is 2. The van der Waals surface area contributed by atoms with Crippen LogP contribution in [0.2, 0.25) is 0 Å². The first-order chi connectivity index (χ1) is 7.86. The fourth-order valence-corrected chi connectivity index (χ4v) is 2.21. The molecule has 0 aliphatic carbocycles. The summed E-state index contributed by atoms with van der Waals surface area (Å²) in [6, 6.07) is 15.9. The molecular weight excluding hydrogens is 266 g/mol. The van der Waals surface area contributed by atoms with Crippen molar-refractivity contribution < 1.29 is 4.52 Å². The highest BCUT2D eigenvalue weighted by atomic mass is 79.9. The molecule has 2 aromatic carbocycles. The summed E-state index contributed by atoms with van der Waals surface area (Å²) < 4.78 is 6.31. The minimum absolute atomic E-state index is 0.813. The van der Waals surface area contributed by atoms with E-state index in [9.17, 15) is 0 Å². The van der Waals surface area contributed by atoms with E-state index >= 15 is 0 Å². The van der Waals surface area contributed by atoms with Crippen LogP contribution in [-0.4, -0.2) is 5.16 Å². The van der Waals surface area contributed by atoms with E-state index in [1.54, 1.807) is 0 Å². The Bertz CT molecular complexity index is 645. The molecule has 16 heavy (non-hydrogen) atoms. The fraction of sp³-hybridized carbons (Fsp3) is 0. The van der Waals surface area contributed by atoms with Crippen LogP contribution in [0.1, 0.15) is 0 Å². The van der Waals surface area contributed by atoms with Gasteiger partial charge in [0, 0.05) is 15.4 Å². The summed E-state index contributed by atoms with van der Waals surface area (Å²) in [5.74, 6) is 0. The Labute approximate surface area is 101 Å². The minimum atomic E-state index is 0.813. The molecule has 0 aliphatic heterocycles. The Hall–Kier alpha value is -1.61. The van der Waals surface area contributed by atoms with E-state index in [0.29, 0.717) is 0 Å². The quantitative estimate of drug-likeness (QED) is 0.662. The van der Waals surface area contributed by atoms with Gasteiger partial charge >= 0.3 is 0 Å². The summed E-state index contributed by atoms with van der Waals surface area (Å²) in [6.07, 6.45) is 0. The number of rotatable bonds is 1. The molecule has 1 heterocycles. The molecule has 0 saturated carbocycles. The molecule has 0 bridgehead atoms. The van der Waals surface area contributed by atoms with Gasteiger partial charge in [-0.15, -0.1) is 0 Å². The van der Waals surface area contributed by atoms with E-state index in [1.165, 1.54) is 0 Å². The molecule has 0 radical (unpaired) electrons. The Morgan fingerprint density at radius 2 is 1.69 bits per heavy atom. The first-order valence-corrected chi connectivity index (χ1v) is 5.75. The van der Waals surface area contributed by atoms with Crippen molar-refractivity contribution in [1.29, 1.82) is 0 Å². The predicted molar refractivity (Wildman–Crippen MR) is 67.1 cm³/mol. The summed E-state index contributed by atoms with van der Waals surface area (Å²) in [7, 11) is 0. The van der Waals surface area contributed by atoms with E-state index in [1.807, 2.05) is 48.5 Å². The van der Waals surface area contributed by atoms with Crippen molar-refractivity contribution in [3.8, 4) is 11.3 Å². The van der Waals surface area contributed by atoms with Crippen LogP contribution in [0.15, 0.2) is 57.5 Å². The zero-order valence-electron chi connectivity index (χ0n) is 8.35. The molecule has 3 heteroatoms. The van der Waals surface area contributed by atoms with Crippen molar-refractivity contribution in [1.82, 2.24) is 5.16 Å². The van der Waals surface area contributed by atoms with Crippen LogP contribution in [-0.2, 0) is 0 Å². The van der Waals surface area contributed by atoms with Gasteiger partial charge < -0.3 is 4.52 Å². The molecule has 78 valence electrons. The number of halogens is 1. The van der Waals surface area contributed by atoms with E-state index in [-0.39, 0.29) is 0 Å². The Morgan fingerprint density at radius 3 is 2.56 bits per heavy atom. The van der Waals surface area contributed by atoms with Crippen molar-refractivity contribution in [3.63, 3.8) is 0 Å². The first-order valence-electron chi connectivity index (χ1n) is 4.95. The van der Waals surface area contributed by atoms with Crippen LogP contribution in [0.5, 0.6) is 0 Å². The van der Waals surface area contributed by atoms with Crippen LogP contribution < -0.4 is 0 Å². The second-order valence-corrected chi connectivity index (χ2v) is 4.36. The lowest BCUT2D eigenvalue weighted by molar-refractivity contribution is 0.459. The van der Waals surface area contributed by atoms with Crippen LogP contribution in [0.3, 0.4) is 0 Å². The summed E-state index contributed by atoms with van der Waals surface area (Å²) >= 11 is 3.52. The highest BCUT2D eigenvalue weighted by molar-refractivity contribution is 9.10. The topological polar surface area (TPSA) is 26.0 Å². The monoisotopic (exact) mass is 273 g/mol. The molecule has 0 spiro atoms. The van der Waals surface area contributed by atoms with Gasteiger partial charge in [0.15, 0.2) is 5.58 Å². The number of nitrogens with zero attached hydrogens (tertiary/aromatic N) is 1. The molecule has 0 fully saturated rings. The van der Waals surface area contributed by atoms with Gasteiger partial charge in [-0.05, 0) is 18.2 Å². The SMILES string of the molecule is Brc1ccccc1-c1noc2ccccc12. The third-order valence-electron chi connectivity index (χ3n) is 2.51.